The lowest BCUT2D eigenvalue weighted by Gasteiger charge is -2.31. The highest BCUT2D eigenvalue weighted by Crippen LogP contribution is 2.42. The van der Waals surface area contributed by atoms with E-state index in [2.05, 4.69) is 50.9 Å². The van der Waals surface area contributed by atoms with Gasteiger partial charge in [0, 0.05) is 142 Å². The molecule has 4 unspecified atom stereocenters. The molecule has 14 aliphatic rings. The second kappa shape index (κ2) is 36.1. The van der Waals surface area contributed by atoms with Crippen LogP contribution in [0.1, 0.15) is 136 Å². The molecule has 10 aliphatic heterocycles. The van der Waals surface area contributed by atoms with Gasteiger partial charge in [-0.05, 0) is 177 Å². The van der Waals surface area contributed by atoms with Crippen LogP contribution >= 0.6 is 12.4 Å². The standard InChI is InChI=1S/C19H29N5O3.C19H29N5O2.C18H29N5O2.C16H24N4O2.ClH/c20-10-17-2-1-3-24(17)18(25)11-21-16-8-14-12-23(13-15(14)9-16)19(26)22-4-6-27-7-5-22;20-10-17-4-3-7-24(17)18(25)11-21-16-8-14-12-23(13-15(14)9-16)19(26)22-5-1-2-6-22;1-12(2)21-18(25)22-10-13-6-15(7-14(13)11-22)20-9-17(24)23-5-3-4-16(23)8-19;1-11(21)19-9-12-5-14(6-13(12)10-19)18-8-16(22)20-4-2-3-15(20)7-17;/h14-17,21H,1-9,11-13H2;14-17,21H,1-9,11-13H2;12-16,20H,3-7,9-11H2,1-2H3,(H,21,25);12-15,18H,2-6,8-10H2,1H3;1H/t2*14-,15+,16?,17-;13-,14+,15?,16-;12-,13+,14?,15-;/m0000./s1. The maximum atomic E-state index is 12.6. The van der Waals surface area contributed by atoms with Crippen LogP contribution < -0.4 is 26.6 Å². The third-order valence-corrected chi connectivity index (χ3v) is 24.4. The minimum Gasteiger partial charge on any atom is -0.378 e. The number of hydrogen-bond acceptors (Lipinski definition) is 17. The van der Waals surface area contributed by atoms with E-state index in [-0.39, 0.29) is 90.2 Å². The molecule has 4 saturated carbocycles. The highest BCUT2D eigenvalue weighted by atomic mass is 35.5. The molecule has 0 aromatic carbocycles. The average molecular weight is 1420 g/mol. The molecule has 0 aromatic heterocycles. The van der Waals surface area contributed by atoms with Gasteiger partial charge in [0.25, 0.3) is 0 Å². The zero-order valence-corrected chi connectivity index (χ0v) is 60.8. The lowest BCUT2D eigenvalue weighted by Crippen LogP contribution is -2.48. The van der Waals surface area contributed by atoms with Crippen molar-refractivity contribution in [2.45, 2.75) is 191 Å². The van der Waals surface area contributed by atoms with Crippen molar-refractivity contribution in [1.82, 2.24) is 75.6 Å². The van der Waals surface area contributed by atoms with Crippen molar-refractivity contribution in [3.63, 3.8) is 0 Å². The molecular formula is C72H112ClN19O9. The van der Waals surface area contributed by atoms with Crippen LogP contribution in [0.15, 0.2) is 0 Å². The van der Waals surface area contributed by atoms with Gasteiger partial charge in [0.05, 0.1) is 63.7 Å². The SMILES string of the molecule is CC(=O)N1C[C@H]2CC(NCC(=O)N3CCC[C@H]3C#N)C[C@H]2C1.CC(C)NC(=O)N1C[C@H]2CC(NCC(=O)N3CCC[C@H]3C#N)C[C@H]2C1.Cl.N#C[C@@H]1CCCN1C(=O)CNC1C[C@@H]2CN(C(=O)N3CCCC3)C[C@@H]2C1.N#C[C@@H]1CCCN1C(=O)CNC1C[C@@H]2CN(C(=O)N3CCOCC3)C[C@@H]2C1. The van der Waals surface area contributed by atoms with Gasteiger partial charge in [-0.25, -0.2) is 14.4 Å². The van der Waals surface area contributed by atoms with Crippen LogP contribution in [0.4, 0.5) is 14.4 Å². The molecule has 101 heavy (non-hydrogen) atoms. The van der Waals surface area contributed by atoms with E-state index in [1.165, 1.54) is 0 Å². The molecule has 556 valence electrons. The number of likely N-dealkylation sites (tertiary alicyclic amines) is 9. The number of carbonyl (C=O) groups excluding carboxylic acids is 8. The van der Waals surface area contributed by atoms with Crippen LogP contribution in [0, 0.1) is 92.7 Å². The first-order valence-electron chi connectivity index (χ1n) is 38.0. The molecule has 0 spiro atoms. The van der Waals surface area contributed by atoms with Crippen molar-refractivity contribution in [3.8, 4) is 24.3 Å². The molecule has 4 aliphatic carbocycles. The second-order valence-corrected chi connectivity index (χ2v) is 31.4. The molecule has 10 heterocycles. The largest absolute Gasteiger partial charge is 0.378 e. The Bertz CT molecular complexity index is 3020. The number of morpholine rings is 1. The summed E-state index contributed by atoms with van der Waals surface area (Å²) in [6.45, 7) is 21.0. The van der Waals surface area contributed by atoms with Gasteiger partial charge in [0.15, 0.2) is 0 Å². The summed E-state index contributed by atoms with van der Waals surface area (Å²) in [6, 6.07) is 9.93. The predicted octanol–water partition coefficient (Wildman–Crippen LogP) is 2.96. The van der Waals surface area contributed by atoms with Crippen molar-refractivity contribution in [1.29, 1.82) is 21.0 Å². The van der Waals surface area contributed by atoms with Crippen LogP contribution in [0.5, 0.6) is 0 Å². The fourth-order valence-electron chi connectivity index (χ4n) is 19.1. The minimum absolute atomic E-state index is 0. The minimum atomic E-state index is -0.248. The smallest absolute Gasteiger partial charge is 0.320 e. The first-order chi connectivity index (χ1) is 48.4. The Labute approximate surface area is 603 Å². The number of nitrogens with zero attached hydrogens (tertiary/aromatic N) is 14. The van der Waals surface area contributed by atoms with Gasteiger partial charge in [-0.15, -0.1) is 12.4 Å². The zero-order chi connectivity index (χ0) is 70.6. The van der Waals surface area contributed by atoms with Gasteiger partial charge in [-0.1, -0.05) is 0 Å². The number of ether oxygens (including phenoxy) is 1. The number of urea groups is 3. The summed E-state index contributed by atoms with van der Waals surface area (Å²) in [5, 5.41) is 52.9. The van der Waals surface area contributed by atoms with Crippen molar-refractivity contribution in [2.24, 2.45) is 47.3 Å². The van der Waals surface area contributed by atoms with Gasteiger partial charge >= 0.3 is 18.1 Å². The van der Waals surface area contributed by atoms with Gasteiger partial charge < -0.3 is 80.3 Å². The lowest BCUT2D eigenvalue weighted by atomic mass is 10.0. The van der Waals surface area contributed by atoms with E-state index in [1.807, 2.05) is 43.2 Å². The average Bonchev–Trinajstić information content (AvgIpc) is 1.67. The number of hydrogen-bond donors (Lipinski definition) is 5. The number of amides is 11. The van der Waals surface area contributed by atoms with Crippen LogP contribution in [0.2, 0.25) is 0 Å². The molecule has 14 rings (SSSR count). The van der Waals surface area contributed by atoms with E-state index < -0.39 is 0 Å². The fraction of sp³-hybridized carbons (Fsp3) is 0.833. The lowest BCUT2D eigenvalue weighted by molar-refractivity contribution is -0.131. The molecule has 28 nitrogen and oxygen atoms in total. The highest BCUT2D eigenvalue weighted by molar-refractivity contribution is 5.85. The Morgan fingerprint density at radius 1 is 0.376 bits per heavy atom. The van der Waals surface area contributed by atoms with Gasteiger partial charge in [0.1, 0.15) is 24.2 Å². The van der Waals surface area contributed by atoms with Crippen molar-refractivity contribution in [2.75, 3.05) is 144 Å². The maximum Gasteiger partial charge on any atom is 0.320 e. The summed E-state index contributed by atoms with van der Waals surface area (Å²) >= 11 is 0. The summed E-state index contributed by atoms with van der Waals surface area (Å²) in [5.41, 5.74) is 0. The molecule has 14 fully saturated rings. The van der Waals surface area contributed by atoms with Crippen molar-refractivity contribution >= 4 is 60.0 Å². The van der Waals surface area contributed by atoms with E-state index in [4.69, 9.17) is 25.8 Å². The molecule has 10 saturated heterocycles. The number of carbonyl (C=O) groups is 8. The molecular weight excluding hydrogens is 1310 g/mol. The highest BCUT2D eigenvalue weighted by Gasteiger charge is 2.48. The topological polar surface area (TPSA) is 334 Å². The van der Waals surface area contributed by atoms with Crippen LogP contribution in [-0.4, -0.2) is 295 Å². The van der Waals surface area contributed by atoms with Gasteiger partial charge in [-0.3, -0.25) is 24.0 Å². The summed E-state index contributed by atoms with van der Waals surface area (Å²) in [7, 11) is 0. The predicted molar refractivity (Wildman–Crippen MR) is 375 cm³/mol. The molecule has 5 N–H and O–H groups in total. The van der Waals surface area contributed by atoms with E-state index >= 15 is 0 Å². The molecule has 0 aromatic rings. The van der Waals surface area contributed by atoms with E-state index in [0.717, 1.165) is 181 Å². The van der Waals surface area contributed by atoms with E-state index in [1.54, 1.807) is 26.5 Å². The van der Waals surface area contributed by atoms with Crippen molar-refractivity contribution < 1.29 is 43.1 Å². The summed E-state index contributed by atoms with van der Waals surface area (Å²) in [4.78, 5) is 117. The molecule has 11 amide bonds. The molecule has 29 heteroatoms. The van der Waals surface area contributed by atoms with E-state index in [0.29, 0.717) is 150 Å². The van der Waals surface area contributed by atoms with Crippen LogP contribution in [-0.2, 0) is 28.7 Å². The third kappa shape index (κ3) is 19.3. The Balaban J connectivity index is 0.000000145. The monoisotopic (exact) mass is 1420 g/mol. The summed E-state index contributed by atoms with van der Waals surface area (Å²) in [6.07, 6.45) is 17.4. The Kier molecular flexibility index (Phi) is 27.4. The Morgan fingerprint density at radius 3 is 0.911 bits per heavy atom. The first-order valence-corrected chi connectivity index (χ1v) is 38.0. The van der Waals surface area contributed by atoms with Gasteiger partial charge in [0.2, 0.25) is 29.5 Å². The first kappa shape index (κ1) is 76.8. The number of nitrogens with one attached hydrogen (secondary N) is 5. The molecule has 16 atom stereocenters. The number of rotatable bonds is 13. The molecule has 0 radical (unpaired) electrons. The summed E-state index contributed by atoms with van der Waals surface area (Å²) in [5.74, 6) is 4.76. The van der Waals surface area contributed by atoms with Crippen molar-refractivity contribution in [3.05, 3.63) is 0 Å². The quantitative estimate of drug-likeness (QED) is 0.177. The normalized spacial score (nSPS) is 32.6. The Hall–Kier alpha value is -6.79. The van der Waals surface area contributed by atoms with E-state index in [9.17, 15) is 38.4 Å². The van der Waals surface area contributed by atoms with Gasteiger partial charge in [-0.2, -0.15) is 21.0 Å². The zero-order valence-electron chi connectivity index (χ0n) is 59.9. The second-order valence-electron chi connectivity index (χ2n) is 31.4. The summed E-state index contributed by atoms with van der Waals surface area (Å²) < 4.78 is 5.33. The number of fused-ring (bicyclic) bond motifs is 4. The molecule has 0 bridgehead atoms. The third-order valence-electron chi connectivity index (χ3n) is 24.4. The fourth-order valence-corrected chi connectivity index (χ4v) is 19.1. The van der Waals surface area contributed by atoms with Crippen LogP contribution in [0.25, 0.3) is 0 Å². The number of halogens is 1. The Morgan fingerprint density at radius 2 is 0.644 bits per heavy atom. The van der Waals surface area contributed by atoms with Crippen LogP contribution in [0.3, 0.4) is 0 Å². The maximum absolute atomic E-state index is 12.6. The number of nitriles is 4.